The van der Waals surface area contributed by atoms with Crippen molar-refractivity contribution in [3.63, 3.8) is 0 Å². The number of rotatable bonds is 15. The number of alkyl halides is 3. The molecule has 0 aliphatic rings. The lowest BCUT2D eigenvalue weighted by Gasteiger charge is -2.23. The number of halogens is 4. The van der Waals surface area contributed by atoms with Crippen LogP contribution < -0.4 is 33.3 Å². The fourth-order valence-corrected chi connectivity index (χ4v) is 4.01. The van der Waals surface area contributed by atoms with E-state index in [2.05, 4.69) is 10.6 Å². The molecule has 0 spiro atoms. The average molecular weight is 598 g/mol. The maximum absolute atomic E-state index is 13.8. The van der Waals surface area contributed by atoms with Gasteiger partial charge in [-0.3, -0.25) is 14.4 Å². The van der Waals surface area contributed by atoms with Gasteiger partial charge in [0.1, 0.15) is 11.9 Å². The molecule has 0 radical (unpaired) electrons. The van der Waals surface area contributed by atoms with Crippen molar-refractivity contribution in [3.05, 3.63) is 59.4 Å². The molecule has 0 aliphatic carbocycles. The van der Waals surface area contributed by atoms with Gasteiger partial charge in [0.05, 0.1) is 11.6 Å². The van der Waals surface area contributed by atoms with Crippen LogP contribution in [0.15, 0.2) is 42.5 Å². The third-order valence-electron chi connectivity index (χ3n) is 6.33. The minimum Gasteiger partial charge on any atom is -0.423 e. The minimum atomic E-state index is -4.52. The van der Waals surface area contributed by atoms with Crippen LogP contribution in [0.1, 0.15) is 30.4 Å². The quantitative estimate of drug-likeness (QED) is 0.105. The van der Waals surface area contributed by atoms with E-state index < -0.39 is 54.0 Å². The number of aryl methyl sites for hydroxylation is 1. The molecular formula is C26H35BF4N6O5. The lowest BCUT2D eigenvalue weighted by atomic mass is 9.79. The molecule has 0 unspecified atom stereocenters. The Kier molecular flexibility index (Phi) is 13.3. The molecule has 0 aromatic heterocycles. The Bertz CT molecular complexity index is 1200. The number of anilines is 1. The summed E-state index contributed by atoms with van der Waals surface area (Å²) in [4.78, 5) is 39.9. The highest BCUT2D eigenvalue weighted by Gasteiger charge is 2.30. The Balaban J connectivity index is 2.15. The van der Waals surface area contributed by atoms with Gasteiger partial charge >= 0.3 is 13.3 Å². The van der Waals surface area contributed by atoms with Crippen LogP contribution in [-0.2, 0) is 27.0 Å². The summed E-state index contributed by atoms with van der Waals surface area (Å²) in [6, 6.07) is 4.93. The van der Waals surface area contributed by atoms with Crippen molar-refractivity contribution in [2.75, 3.05) is 31.5 Å². The number of nitrogens with zero attached hydrogens (tertiary/aromatic N) is 1. The molecule has 0 aliphatic heterocycles. The Morgan fingerprint density at radius 3 is 2.12 bits per heavy atom. The van der Waals surface area contributed by atoms with Crippen molar-refractivity contribution in [1.82, 2.24) is 10.2 Å². The van der Waals surface area contributed by atoms with Crippen LogP contribution in [0.3, 0.4) is 0 Å². The van der Waals surface area contributed by atoms with Crippen LogP contribution in [0, 0.1) is 5.82 Å². The van der Waals surface area contributed by atoms with Crippen molar-refractivity contribution >= 4 is 36.0 Å². The Labute approximate surface area is 240 Å². The maximum Gasteiger partial charge on any atom is 0.491 e. The van der Waals surface area contributed by atoms with Crippen LogP contribution in [0.25, 0.3) is 0 Å². The second-order valence-electron chi connectivity index (χ2n) is 9.50. The van der Waals surface area contributed by atoms with Crippen LogP contribution in [0.4, 0.5) is 23.2 Å². The molecule has 0 saturated carbocycles. The molecule has 2 aromatic rings. The van der Waals surface area contributed by atoms with Crippen LogP contribution >= 0.6 is 0 Å². The number of hydrogen-bond donors (Lipinski definition) is 7. The van der Waals surface area contributed by atoms with Gasteiger partial charge in [0.25, 0.3) is 0 Å². The van der Waals surface area contributed by atoms with Gasteiger partial charge in [-0.15, -0.1) is 0 Å². The minimum absolute atomic E-state index is 0.00641. The predicted molar refractivity (Wildman–Crippen MR) is 148 cm³/mol. The first-order valence-electron chi connectivity index (χ1n) is 13.1. The number of nitrogens with one attached hydrogen (secondary N) is 2. The zero-order valence-corrected chi connectivity index (χ0v) is 22.7. The molecule has 2 atom stereocenters. The Morgan fingerprint density at radius 2 is 1.57 bits per heavy atom. The average Bonchev–Trinajstić information content (AvgIpc) is 2.94. The lowest BCUT2D eigenvalue weighted by molar-refractivity contribution is -0.137. The summed E-state index contributed by atoms with van der Waals surface area (Å²) in [5, 5.41) is 23.6. The first-order valence-corrected chi connectivity index (χ1v) is 13.1. The summed E-state index contributed by atoms with van der Waals surface area (Å²) >= 11 is 0. The number of carbonyl (C=O) groups excluding carboxylic acids is 3. The first-order chi connectivity index (χ1) is 19.8. The number of carbonyl (C=O) groups is 3. The second kappa shape index (κ2) is 16.2. The molecule has 0 saturated heterocycles. The van der Waals surface area contributed by atoms with Gasteiger partial charge in [0.15, 0.2) is 0 Å². The van der Waals surface area contributed by atoms with Gasteiger partial charge < -0.3 is 42.8 Å². The first kappa shape index (κ1) is 34.6. The van der Waals surface area contributed by atoms with Gasteiger partial charge in [-0.2, -0.15) is 13.2 Å². The van der Waals surface area contributed by atoms with Crippen LogP contribution in [0.2, 0.25) is 0 Å². The summed E-state index contributed by atoms with van der Waals surface area (Å²) in [5.74, 6) is -2.76. The smallest absolute Gasteiger partial charge is 0.423 e. The van der Waals surface area contributed by atoms with Gasteiger partial charge in [0.2, 0.25) is 17.7 Å². The molecule has 0 fully saturated rings. The Morgan fingerprint density at radius 1 is 0.952 bits per heavy atom. The van der Waals surface area contributed by atoms with Crippen molar-refractivity contribution in [3.8, 4) is 0 Å². The van der Waals surface area contributed by atoms with E-state index in [1.807, 2.05) is 0 Å². The van der Waals surface area contributed by atoms with Crippen molar-refractivity contribution < 1.29 is 42.0 Å². The summed E-state index contributed by atoms with van der Waals surface area (Å²) in [7, 11) is -2.15. The highest BCUT2D eigenvalue weighted by Crippen LogP contribution is 2.29. The van der Waals surface area contributed by atoms with Crippen molar-refractivity contribution in [2.24, 2.45) is 17.2 Å². The van der Waals surface area contributed by atoms with E-state index in [4.69, 9.17) is 17.2 Å². The number of amides is 3. The van der Waals surface area contributed by atoms with Crippen LogP contribution in [0.5, 0.6) is 0 Å². The number of benzene rings is 2. The monoisotopic (exact) mass is 598 g/mol. The third-order valence-corrected chi connectivity index (χ3v) is 6.33. The molecule has 3 amide bonds. The lowest BCUT2D eigenvalue weighted by Crippen LogP contribution is -2.50. The van der Waals surface area contributed by atoms with Gasteiger partial charge in [-0.05, 0) is 55.2 Å². The molecule has 10 N–H and O–H groups in total. The molecule has 16 heteroatoms. The van der Waals surface area contributed by atoms with Crippen LogP contribution in [-0.4, -0.2) is 78.1 Å². The fraction of sp³-hybridized carbons (Fsp3) is 0.423. The van der Waals surface area contributed by atoms with Crippen molar-refractivity contribution in [2.45, 2.75) is 43.9 Å². The van der Waals surface area contributed by atoms with E-state index in [0.717, 1.165) is 24.3 Å². The molecule has 0 bridgehead atoms. The zero-order chi connectivity index (χ0) is 31.4. The topological polar surface area (TPSA) is 197 Å². The summed E-state index contributed by atoms with van der Waals surface area (Å²) in [5.41, 5.74) is 16.1. The summed E-state index contributed by atoms with van der Waals surface area (Å²) < 4.78 is 52.5. The molecule has 42 heavy (non-hydrogen) atoms. The van der Waals surface area contributed by atoms with E-state index >= 15 is 0 Å². The SMILES string of the molecule is NCCN(CCN)C(=O)CC[C@H](N)C(=O)N[C@H](CCc1ccc(C(F)(F)F)cc1)C(=O)Nc1ccc(F)c(B(O)O)c1. The third kappa shape index (κ3) is 10.7. The van der Waals surface area contributed by atoms with Gasteiger partial charge in [0, 0.05) is 43.8 Å². The molecule has 11 nitrogen and oxygen atoms in total. The standard InChI is InChI=1S/C26H35BF4N6O5/c28-20-7-6-18(15-19(20)27(41)42)35-25(40)22(9-3-16-1-4-17(5-2-16)26(29,30)31)36-24(39)21(34)8-10-23(38)37(13-11-32)14-12-33/h1-2,4-7,15,21-22,41-42H,3,8-14,32-34H2,(H,35,40)(H,36,39)/t21-,22+/m0/s1. The molecule has 0 heterocycles. The van der Waals surface area contributed by atoms with E-state index in [1.165, 1.54) is 23.1 Å². The predicted octanol–water partition coefficient (Wildman–Crippen LogP) is -0.566. The van der Waals surface area contributed by atoms with Gasteiger partial charge in [-0.1, -0.05) is 12.1 Å². The fourth-order valence-electron chi connectivity index (χ4n) is 4.01. The zero-order valence-electron chi connectivity index (χ0n) is 22.7. The molecule has 2 aromatic carbocycles. The van der Waals surface area contributed by atoms with Crippen molar-refractivity contribution in [1.29, 1.82) is 0 Å². The highest BCUT2D eigenvalue weighted by molar-refractivity contribution is 6.58. The summed E-state index contributed by atoms with van der Waals surface area (Å²) in [6.45, 7) is 1.01. The largest absolute Gasteiger partial charge is 0.491 e. The van der Waals surface area contributed by atoms with Gasteiger partial charge in [-0.25, -0.2) is 4.39 Å². The molecule has 2 rings (SSSR count). The van der Waals surface area contributed by atoms with E-state index in [0.29, 0.717) is 5.56 Å². The number of nitrogens with two attached hydrogens (primary N) is 3. The maximum atomic E-state index is 13.8. The normalized spacial score (nSPS) is 12.8. The Hall–Kier alpha value is -3.57. The number of hydrogen-bond acceptors (Lipinski definition) is 8. The van der Waals surface area contributed by atoms with E-state index in [9.17, 15) is 42.0 Å². The van der Waals surface area contributed by atoms with E-state index in [-0.39, 0.29) is 63.5 Å². The molecular weight excluding hydrogens is 563 g/mol. The summed E-state index contributed by atoms with van der Waals surface area (Å²) in [6.07, 6.45) is -4.64. The highest BCUT2D eigenvalue weighted by atomic mass is 19.4. The molecule has 230 valence electrons. The second-order valence-corrected chi connectivity index (χ2v) is 9.50. The van der Waals surface area contributed by atoms with E-state index in [1.54, 1.807) is 0 Å².